The van der Waals surface area contributed by atoms with Crippen LogP contribution in [0.3, 0.4) is 0 Å². The Balaban J connectivity index is 0.963. The van der Waals surface area contributed by atoms with Crippen LogP contribution < -0.4 is 0 Å². The molecule has 1 spiro atoms. The van der Waals surface area contributed by atoms with Gasteiger partial charge in [0.25, 0.3) is 0 Å². The van der Waals surface area contributed by atoms with Crippen LogP contribution in [0, 0.1) is 23.2 Å². The molecule has 0 aromatic heterocycles. The van der Waals surface area contributed by atoms with E-state index in [4.69, 9.17) is 18.9 Å². The van der Waals surface area contributed by atoms with Crippen molar-refractivity contribution in [2.24, 2.45) is 23.2 Å². The quantitative estimate of drug-likeness (QED) is 0.0360. The van der Waals surface area contributed by atoms with Crippen LogP contribution in [0.2, 0.25) is 0 Å². The largest absolute Gasteiger partial charge is 0.458 e. The van der Waals surface area contributed by atoms with Crippen LogP contribution in [0.25, 0.3) is 0 Å². The Labute approximate surface area is 376 Å². The second-order valence-electron chi connectivity index (χ2n) is 20.3. The number of ketones is 2. The van der Waals surface area contributed by atoms with Gasteiger partial charge in [-0.15, -0.1) is 0 Å². The summed E-state index contributed by atoms with van der Waals surface area (Å²) in [5, 5.41) is 21.5. The average Bonchev–Trinajstić information content (AvgIpc) is 3.53. The standard InChI is InChI=1S/C52H89NO9/c1-4-6-8-10-12-22-36-59-48(60-37-23-13-11-9-7-5-2)25-17-15-19-33-53(34-20-21-35-54)32-18-14-16-24-47(57)61-40-46(56)52(58)31-29-44-43-27-26-41-38-42(55)28-30-51(41)49(43)45(62-51)39-50(44,52)3/h38,43-45,48-49,54,58H,4-37,39-40H2,1-3H3. The summed E-state index contributed by atoms with van der Waals surface area (Å²) in [5.74, 6) is 0.386. The van der Waals surface area contributed by atoms with Crippen molar-refractivity contribution in [3.63, 3.8) is 0 Å². The Morgan fingerprint density at radius 2 is 1.40 bits per heavy atom. The molecule has 7 atom stereocenters. The first-order valence-corrected chi connectivity index (χ1v) is 26.0. The summed E-state index contributed by atoms with van der Waals surface area (Å²) in [6.45, 7) is 10.9. The summed E-state index contributed by atoms with van der Waals surface area (Å²) in [6, 6.07) is 0. The highest BCUT2D eigenvalue weighted by atomic mass is 16.7. The lowest BCUT2D eigenvalue weighted by atomic mass is 9.45. The molecule has 4 aliphatic carbocycles. The fourth-order valence-corrected chi connectivity index (χ4v) is 12.3. The summed E-state index contributed by atoms with van der Waals surface area (Å²) < 4.78 is 24.7. The zero-order valence-corrected chi connectivity index (χ0v) is 39.6. The molecular formula is C52H89NO9. The fourth-order valence-electron chi connectivity index (χ4n) is 12.3. The molecule has 0 aromatic carbocycles. The molecule has 5 rings (SSSR count). The van der Waals surface area contributed by atoms with Crippen LogP contribution in [0.15, 0.2) is 11.6 Å². The molecule has 4 fully saturated rings. The van der Waals surface area contributed by atoms with E-state index in [1.165, 1.54) is 69.8 Å². The molecule has 7 unspecified atom stereocenters. The van der Waals surface area contributed by atoms with E-state index in [1.807, 2.05) is 6.08 Å². The summed E-state index contributed by atoms with van der Waals surface area (Å²) in [5.41, 5.74) is -1.29. The minimum atomic E-state index is -1.53. The number of rotatable bonds is 35. The summed E-state index contributed by atoms with van der Waals surface area (Å²) in [6.07, 6.45) is 30.6. The number of aliphatic hydroxyl groups is 2. The molecule has 1 heterocycles. The number of Topliss-reactive ketones (excluding diaryl/α,β-unsaturated/α-hetero) is 1. The normalized spacial score (nSPS) is 28.7. The monoisotopic (exact) mass is 872 g/mol. The van der Waals surface area contributed by atoms with E-state index in [1.54, 1.807) is 0 Å². The van der Waals surface area contributed by atoms with Crippen molar-refractivity contribution in [1.29, 1.82) is 0 Å². The van der Waals surface area contributed by atoms with Gasteiger partial charge in [0.15, 0.2) is 18.7 Å². The molecule has 0 amide bonds. The molecule has 62 heavy (non-hydrogen) atoms. The molecule has 10 heteroatoms. The van der Waals surface area contributed by atoms with E-state index >= 15 is 0 Å². The number of aliphatic hydroxyl groups excluding tert-OH is 1. The highest BCUT2D eigenvalue weighted by Crippen LogP contribution is 2.71. The van der Waals surface area contributed by atoms with Crippen molar-refractivity contribution < 1.29 is 43.5 Å². The smallest absolute Gasteiger partial charge is 0.306 e. The van der Waals surface area contributed by atoms with Gasteiger partial charge in [0.1, 0.15) is 5.60 Å². The number of unbranched alkanes of at least 4 members (excludes halogenated alkanes) is 15. The number of esters is 1. The van der Waals surface area contributed by atoms with Gasteiger partial charge in [0, 0.05) is 44.0 Å². The number of ether oxygens (including phenoxy) is 4. The Morgan fingerprint density at radius 3 is 2.06 bits per heavy atom. The molecule has 0 bridgehead atoms. The van der Waals surface area contributed by atoms with Gasteiger partial charge in [-0.05, 0) is 139 Å². The van der Waals surface area contributed by atoms with E-state index in [0.29, 0.717) is 37.5 Å². The molecule has 5 aliphatic rings. The Morgan fingerprint density at radius 1 is 0.790 bits per heavy atom. The molecule has 356 valence electrons. The van der Waals surface area contributed by atoms with Gasteiger partial charge in [0.05, 0.1) is 11.7 Å². The highest BCUT2D eigenvalue weighted by molar-refractivity contribution is 5.92. The third-order valence-corrected chi connectivity index (χ3v) is 15.9. The summed E-state index contributed by atoms with van der Waals surface area (Å²) >= 11 is 0. The maximum Gasteiger partial charge on any atom is 0.306 e. The predicted molar refractivity (Wildman–Crippen MR) is 245 cm³/mol. The molecule has 1 saturated heterocycles. The predicted octanol–water partition coefficient (Wildman–Crippen LogP) is 10.4. The zero-order chi connectivity index (χ0) is 44.3. The van der Waals surface area contributed by atoms with Gasteiger partial charge in [-0.2, -0.15) is 0 Å². The lowest BCUT2D eigenvalue weighted by Crippen LogP contribution is -2.72. The van der Waals surface area contributed by atoms with Crippen molar-refractivity contribution in [2.45, 2.75) is 231 Å². The van der Waals surface area contributed by atoms with Crippen molar-refractivity contribution >= 4 is 17.5 Å². The van der Waals surface area contributed by atoms with E-state index in [-0.39, 0.29) is 61.1 Å². The van der Waals surface area contributed by atoms with Gasteiger partial charge in [-0.25, -0.2) is 0 Å². The molecule has 0 radical (unpaired) electrons. The Hall–Kier alpha value is -1.69. The van der Waals surface area contributed by atoms with Gasteiger partial charge in [-0.3, -0.25) is 14.4 Å². The highest BCUT2D eigenvalue weighted by Gasteiger charge is 2.73. The lowest BCUT2D eigenvalue weighted by molar-refractivity contribution is -0.317. The van der Waals surface area contributed by atoms with E-state index in [9.17, 15) is 24.6 Å². The third kappa shape index (κ3) is 13.7. The number of fused-ring (bicyclic) bond motifs is 2. The topological polar surface area (TPSA) is 132 Å². The van der Waals surface area contributed by atoms with Crippen molar-refractivity contribution in [3.05, 3.63) is 11.6 Å². The maximum absolute atomic E-state index is 13.7. The number of hydrogen-bond donors (Lipinski definition) is 2. The first-order chi connectivity index (χ1) is 30.1. The molecule has 10 nitrogen and oxygen atoms in total. The second kappa shape index (κ2) is 26.5. The van der Waals surface area contributed by atoms with Gasteiger partial charge in [-0.1, -0.05) is 97.8 Å². The number of nitrogens with zero attached hydrogens (tertiary/aromatic N) is 1. The minimum absolute atomic E-state index is 0.0135. The van der Waals surface area contributed by atoms with Gasteiger partial charge in [0.2, 0.25) is 5.78 Å². The van der Waals surface area contributed by atoms with Crippen LogP contribution in [0.5, 0.6) is 0 Å². The summed E-state index contributed by atoms with van der Waals surface area (Å²) in [7, 11) is 0. The molecule has 0 aromatic rings. The van der Waals surface area contributed by atoms with E-state index < -0.39 is 11.0 Å². The lowest BCUT2D eigenvalue weighted by Gasteiger charge is -2.69. The maximum atomic E-state index is 13.7. The van der Waals surface area contributed by atoms with Gasteiger partial charge >= 0.3 is 5.97 Å². The van der Waals surface area contributed by atoms with E-state index in [0.717, 1.165) is 123 Å². The van der Waals surface area contributed by atoms with Crippen molar-refractivity contribution in [1.82, 2.24) is 4.90 Å². The van der Waals surface area contributed by atoms with Gasteiger partial charge < -0.3 is 34.1 Å². The first kappa shape index (κ1) is 51.3. The summed E-state index contributed by atoms with van der Waals surface area (Å²) in [4.78, 5) is 41.3. The molecular weight excluding hydrogens is 783 g/mol. The number of carbonyl (C=O) groups excluding carboxylic acids is 3. The third-order valence-electron chi connectivity index (χ3n) is 15.9. The van der Waals surface area contributed by atoms with Crippen LogP contribution in [-0.2, 0) is 33.3 Å². The molecule has 3 saturated carbocycles. The van der Waals surface area contributed by atoms with Crippen molar-refractivity contribution in [2.75, 3.05) is 46.1 Å². The first-order valence-electron chi connectivity index (χ1n) is 26.0. The molecule has 2 N–H and O–H groups in total. The Kier molecular flexibility index (Phi) is 21.9. The van der Waals surface area contributed by atoms with E-state index in [2.05, 4.69) is 25.7 Å². The zero-order valence-electron chi connectivity index (χ0n) is 39.6. The van der Waals surface area contributed by atoms with Crippen molar-refractivity contribution in [3.8, 4) is 0 Å². The molecule has 1 aliphatic heterocycles. The SMILES string of the molecule is CCCCCCCCOC(CCCCCN(CCCCO)CCCCCC(=O)OCC(=O)C1(O)CCC2C3CCC4=CC(=O)CCC45OC(CC21C)C35)OCCCCCCCC. The van der Waals surface area contributed by atoms with Crippen LogP contribution >= 0.6 is 0 Å². The van der Waals surface area contributed by atoms with Crippen LogP contribution in [0.4, 0.5) is 0 Å². The second-order valence-corrected chi connectivity index (χ2v) is 20.3. The Bertz CT molecular complexity index is 1370. The van der Waals surface area contributed by atoms with Crippen LogP contribution in [-0.4, -0.2) is 102 Å². The number of hydrogen-bond acceptors (Lipinski definition) is 10. The number of carbonyl (C=O) groups is 3. The fraction of sp³-hybridized carbons (Fsp3) is 0.904. The average molecular weight is 872 g/mol. The van der Waals surface area contributed by atoms with Crippen LogP contribution in [0.1, 0.15) is 207 Å². The minimum Gasteiger partial charge on any atom is -0.458 e.